The zero-order valence-electron chi connectivity index (χ0n) is 22.8. The van der Waals surface area contributed by atoms with E-state index >= 15 is 0 Å². The van der Waals surface area contributed by atoms with Crippen LogP contribution in [0.3, 0.4) is 0 Å². The third-order valence-corrected chi connectivity index (χ3v) is 10.3. The molecule has 2 aromatic heterocycles. The fourth-order valence-electron chi connectivity index (χ4n) is 8.26. The quantitative estimate of drug-likeness (QED) is 0.481. The van der Waals surface area contributed by atoms with E-state index in [1.165, 1.54) is 0 Å². The Kier molecular flexibility index (Phi) is 5.66. The molecule has 2 saturated carbocycles. The SMILES string of the molecule is CC12Oc3cc(-c4cccnc4)oc(=O)c3C(O)C1C1(C)CC[C@@H]3O[C@H](c4ccccc4)OC[C@]3(C)C1CC2=O. The molecule has 1 saturated heterocycles. The molecule has 2 aliphatic heterocycles. The van der Waals surface area contributed by atoms with Gasteiger partial charge >= 0.3 is 5.63 Å². The lowest BCUT2D eigenvalue weighted by atomic mass is 9.43. The van der Waals surface area contributed by atoms with Crippen LogP contribution in [0.5, 0.6) is 5.75 Å². The average molecular weight is 544 g/mol. The Morgan fingerprint density at radius 2 is 1.82 bits per heavy atom. The number of aliphatic hydroxyl groups excluding tert-OH is 1. The third-order valence-electron chi connectivity index (χ3n) is 10.3. The van der Waals surface area contributed by atoms with Crippen LogP contribution in [0.1, 0.15) is 63.6 Å². The number of ketones is 1. The number of carbonyl (C=O) groups excluding carboxylic acids is 1. The molecule has 8 nitrogen and oxygen atoms in total. The zero-order chi connectivity index (χ0) is 27.9. The Hall–Kier alpha value is -3.33. The highest BCUT2D eigenvalue weighted by Crippen LogP contribution is 2.67. The van der Waals surface area contributed by atoms with E-state index < -0.39 is 40.4 Å². The molecule has 4 heterocycles. The normalized spacial score (nSPS) is 38.3. The van der Waals surface area contributed by atoms with Crippen molar-refractivity contribution in [3.63, 3.8) is 0 Å². The summed E-state index contributed by atoms with van der Waals surface area (Å²) in [6.45, 7) is 6.45. The van der Waals surface area contributed by atoms with E-state index in [-0.39, 0.29) is 41.3 Å². The Morgan fingerprint density at radius 1 is 1.02 bits per heavy atom. The van der Waals surface area contributed by atoms with Crippen molar-refractivity contribution in [2.75, 3.05) is 6.61 Å². The fourth-order valence-corrected chi connectivity index (χ4v) is 8.26. The van der Waals surface area contributed by atoms with Crippen LogP contribution in [0.4, 0.5) is 0 Å². The number of fused-ring (bicyclic) bond motifs is 6. The summed E-state index contributed by atoms with van der Waals surface area (Å²) in [5.74, 6) is -0.409. The predicted molar refractivity (Wildman–Crippen MR) is 144 cm³/mol. The van der Waals surface area contributed by atoms with Gasteiger partial charge in [0.1, 0.15) is 17.1 Å². The predicted octanol–water partition coefficient (Wildman–Crippen LogP) is 5.01. The van der Waals surface area contributed by atoms with E-state index in [0.717, 1.165) is 12.0 Å². The summed E-state index contributed by atoms with van der Waals surface area (Å²) in [6.07, 6.45) is 3.15. The van der Waals surface area contributed by atoms with Gasteiger partial charge in [-0.05, 0) is 43.2 Å². The number of hydrogen-bond donors (Lipinski definition) is 1. The maximum Gasteiger partial charge on any atom is 0.345 e. The summed E-state index contributed by atoms with van der Waals surface area (Å²) in [5, 5.41) is 11.9. The van der Waals surface area contributed by atoms with Crippen LogP contribution in [0.25, 0.3) is 11.3 Å². The van der Waals surface area contributed by atoms with Crippen LogP contribution >= 0.6 is 0 Å². The third kappa shape index (κ3) is 3.52. The van der Waals surface area contributed by atoms with E-state index in [1.54, 1.807) is 37.5 Å². The van der Waals surface area contributed by atoms with Crippen molar-refractivity contribution in [3.05, 3.63) is 82.5 Å². The van der Waals surface area contributed by atoms with Crippen molar-refractivity contribution in [2.24, 2.45) is 22.7 Å². The Morgan fingerprint density at radius 3 is 2.58 bits per heavy atom. The van der Waals surface area contributed by atoms with Crippen molar-refractivity contribution in [2.45, 2.75) is 64.1 Å². The standard InChI is InChI=1S/C32H33NO7/c1-30-12-11-24-31(2,17-37-29(39-24)18-8-5-4-6-9-18)22(30)15-23(34)32(3)27(30)26(35)25-21(40-32)14-20(38-28(25)36)19-10-7-13-33-16-19/h4-10,13-14,16,22,24,26-27,29,35H,11-12,15,17H2,1-3H3/t22?,24-,26?,27?,29+,30?,31+,32?/m0/s1. The molecule has 8 heteroatoms. The summed E-state index contributed by atoms with van der Waals surface area (Å²) in [5.41, 5.74) is -1.31. The second kappa shape index (κ2) is 8.83. The first-order valence-corrected chi connectivity index (χ1v) is 14.0. The lowest BCUT2D eigenvalue weighted by Gasteiger charge is -2.65. The molecular formula is C32H33NO7. The molecule has 0 radical (unpaired) electrons. The topological polar surface area (TPSA) is 108 Å². The van der Waals surface area contributed by atoms with Crippen LogP contribution in [0.2, 0.25) is 0 Å². The first-order valence-electron chi connectivity index (χ1n) is 14.0. The van der Waals surface area contributed by atoms with Gasteiger partial charge in [0.25, 0.3) is 0 Å². The molecule has 1 N–H and O–H groups in total. The number of carbonyl (C=O) groups is 1. The number of hydrogen-bond acceptors (Lipinski definition) is 8. The van der Waals surface area contributed by atoms with Gasteiger partial charge in [-0.25, -0.2) is 4.79 Å². The molecule has 3 aromatic rings. The molecule has 0 bridgehead atoms. The molecule has 5 unspecified atom stereocenters. The van der Waals surface area contributed by atoms with Gasteiger partial charge in [-0.15, -0.1) is 0 Å². The molecule has 0 spiro atoms. The Labute approximate surface area is 232 Å². The van der Waals surface area contributed by atoms with Gasteiger partial charge in [0, 0.05) is 47.3 Å². The first-order chi connectivity index (χ1) is 19.1. The number of benzene rings is 1. The highest BCUT2D eigenvalue weighted by Gasteiger charge is 2.70. The lowest BCUT2D eigenvalue weighted by Crippen LogP contribution is -2.70. The van der Waals surface area contributed by atoms with Gasteiger partial charge in [0.15, 0.2) is 17.7 Å². The van der Waals surface area contributed by atoms with Gasteiger partial charge in [0.05, 0.1) is 18.8 Å². The minimum atomic E-state index is -1.30. The number of ether oxygens (including phenoxy) is 3. The molecule has 3 fully saturated rings. The molecule has 0 amide bonds. The van der Waals surface area contributed by atoms with Gasteiger partial charge < -0.3 is 23.7 Å². The number of pyridine rings is 1. The second-order valence-electron chi connectivity index (χ2n) is 12.5. The van der Waals surface area contributed by atoms with E-state index in [4.69, 9.17) is 18.6 Å². The van der Waals surface area contributed by atoms with Crippen molar-refractivity contribution >= 4 is 5.78 Å². The maximum absolute atomic E-state index is 14.0. The molecule has 4 aliphatic rings. The highest BCUT2D eigenvalue weighted by atomic mass is 16.7. The van der Waals surface area contributed by atoms with E-state index in [2.05, 4.69) is 18.8 Å². The largest absolute Gasteiger partial charge is 0.479 e. The summed E-state index contributed by atoms with van der Waals surface area (Å²) < 4.78 is 24.9. The van der Waals surface area contributed by atoms with Gasteiger partial charge in [-0.3, -0.25) is 9.78 Å². The van der Waals surface area contributed by atoms with Gasteiger partial charge in [-0.1, -0.05) is 44.2 Å². The highest BCUT2D eigenvalue weighted by molar-refractivity contribution is 5.90. The van der Waals surface area contributed by atoms with E-state index in [0.29, 0.717) is 18.6 Å². The summed E-state index contributed by atoms with van der Waals surface area (Å²) in [7, 11) is 0. The van der Waals surface area contributed by atoms with Crippen LogP contribution in [0.15, 0.2) is 70.1 Å². The van der Waals surface area contributed by atoms with Gasteiger partial charge in [-0.2, -0.15) is 0 Å². The maximum atomic E-state index is 14.0. The number of nitrogens with zero attached hydrogens (tertiary/aromatic N) is 1. The number of aliphatic hydroxyl groups is 1. The summed E-state index contributed by atoms with van der Waals surface area (Å²) in [4.78, 5) is 31.4. The molecule has 2 aliphatic carbocycles. The van der Waals surface area contributed by atoms with Crippen LogP contribution in [-0.4, -0.2) is 34.2 Å². The number of Topliss-reactive ketones (excluding diaryl/α,β-unsaturated/α-hetero) is 1. The molecule has 40 heavy (non-hydrogen) atoms. The molecule has 208 valence electrons. The zero-order valence-corrected chi connectivity index (χ0v) is 22.8. The van der Waals surface area contributed by atoms with Crippen LogP contribution in [-0.2, 0) is 14.3 Å². The van der Waals surface area contributed by atoms with E-state index in [1.807, 2.05) is 30.3 Å². The molecule has 8 atom stereocenters. The lowest BCUT2D eigenvalue weighted by molar-refractivity contribution is -0.316. The Balaban J connectivity index is 1.26. The van der Waals surface area contributed by atoms with Crippen molar-refractivity contribution in [3.8, 4) is 17.1 Å². The smallest absolute Gasteiger partial charge is 0.345 e. The fraction of sp³-hybridized carbons (Fsp3) is 0.469. The molecule has 7 rings (SSSR count). The molecular weight excluding hydrogens is 510 g/mol. The summed E-state index contributed by atoms with van der Waals surface area (Å²) in [6, 6.07) is 15.0. The minimum Gasteiger partial charge on any atom is -0.479 e. The monoisotopic (exact) mass is 543 g/mol. The number of aromatic nitrogens is 1. The van der Waals surface area contributed by atoms with Crippen LogP contribution in [0, 0.1) is 22.7 Å². The molecule has 1 aromatic carbocycles. The summed E-state index contributed by atoms with van der Waals surface area (Å²) >= 11 is 0. The van der Waals surface area contributed by atoms with Crippen LogP contribution < -0.4 is 10.4 Å². The second-order valence-corrected chi connectivity index (χ2v) is 12.5. The Bertz CT molecular complexity index is 1520. The van der Waals surface area contributed by atoms with Crippen molar-refractivity contribution in [1.29, 1.82) is 0 Å². The van der Waals surface area contributed by atoms with Crippen molar-refractivity contribution in [1.82, 2.24) is 4.98 Å². The first kappa shape index (κ1) is 25.6. The van der Waals surface area contributed by atoms with Crippen molar-refractivity contribution < 1.29 is 28.5 Å². The minimum absolute atomic E-state index is 0.0670. The van der Waals surface area contributed by atoms with Gasteiger partial charge in [0.2, 0.25) is 0 Å². The average Bonchev–Trinajstić information content (AvgIpc) is 2.94. The van der Waals surface area contributed by atoms with E-state index in [9.17, 15) is 14.7 Å². The number of rotatable bonds is 2.